The van der Waals surface area contributed by atoms with Crippen molar-refractivity contribution in [2.45, 2.75) is 58.3 Å². The minimum Gasteiger partial charge on any atom is -0.342 e. The molecule has 1 aromatic heterocycles. The second-order valence-corrected chi connectivity index (χ2v) is 9.12. The molecule has 0 radical (unpaired) electrons. The second kappa shape index (κ2) is 11.1. The van der Waals surface area contributed by atoms with Crippen LogP contribution in [0.4, 0.5) is 5.69 Å². The molecule has 0 fully saturated rings. The molecule has 0 aliphatic heterocycles. The van der Waals surface area contributed by atoms with E-state index in [2.05, 4.69) is 34.7 Å². The summed E-state index contributed by atoms with van der Waals surface area (Å²) in [5.41, 5.74) is 3.50. The minimum absolute atomic E-state index is 0.0961. The molecule has 3 rings (SSSR count). The van der Waals surface area contributed by atoms with E-state index < -0.39 is 0 Å². The van der Waals surface area contributed by atoms with Gasteiger partial charge in [-0.15, -0.1) is 10.2 Å². The Balaban J connectivity index is 1.65. The van der Waals surface area contributed by atoms with Crippen molar-refractivity contribution in [3.8, 4) is 0 Å². The summed E-state index contributed by atoms with van der Waals surface area (Å²) in [4.78, 5) is 25.3. The lowest BCUT2D eigenvalue weighted by molar-refractivity contribution is -0.113. The molecule has 2 amide bonds. The van der Waals surface area contributed by atoms with Crippen molar-refractivity contribution in [2.75, 3.05) is 11.1 Å². The summed E-state index contributed by atoms with van der Waals surface area (Å²) in [7, 11) is 0. The van der Waals surface area contributed by atoms with Crippen LogP contribution >= 0.6 is 11.8 Å². The van der Waals surface area contributed by atoms with Crippen molar-refractivity contribution in [3.63, 3.8) is 0 Å². The molecule has 1 atom stereocenters. The highest BCUT2D eigenvalue weighted by Gasteiger charge is 2.21. The molecule has 0 aliphatic carbocycles. The van der Waals surface area contributed by atoms with Crippen LogP contribution in [0.25, 0.3) is 0 Å². The molecule has 7 nitrogen and oxygen atoms in total. The van der Waals surface area contributed by atoms with Gasteiger partial charge in [0.15, 0.2) is 11.0 Å². The first kappa shape index (κ1) is 24.5. The summed E-state index contributed by atoms with van der Waals surface area (Å²) < 4.78 is 1.93. The van der Waals surface area contributed by atoms with Crippen LogP contribution in [-0.2, 0) is 11.3 Å². The maximum Gasteiger partial charge on any atom is 0.252 e. The number of aryl methyl sites for hydroxylation is 1. The van der Waals surface area contributed by atoms with Gasteiger partial charge < -0.3 is 15.2 Å². The van der Waals surface area contributed by atoms with Gasteiger partial charge in [-0.1, -0.05) is 62.0 Å². The average molecular weight is 466 g/mol. The lowest BCUT2D eigenvalue weighted by Gasteiger charge is -2.16. The predicted octanol–water partition coefficient (Wildman–Crippen LogP) is 4.95. The van der Waals surface area contributed by atoms with Crippen molar-refractivity contribution >= 4 is 29.3 Å². The smallest absolute Gasteiger partial charge is 0.252 e. The van der Waals surface area contributed by atoms with Gasteiger partial charge in [0.25, 0.3) is 5.91 Å². The largest absolute Gasteiger partial charge is 0.342 e. The van der Waals surface area contributed by atoms with Crippen molar-refractivity contribution in [2.24, 2.45) is 0 Å². The Bertz CT molecular complexity index is 1130. The third-order valence-electron chi connectivity index (χ3n) is 5.38. The Morgan fingerprint density at radius 3 is 2.42 bits per heavy atom. The van der Waals surface area contributed by atoms with E-state index in [1.165, 1.54) is 11.8 Å². The molecule has 1 heterocycles. The first-order valence-electron chi connectivity index (χ1n) is 11.1. The highest BCUT2D eigenvalue weighted by atomic mass is 32.2. The number of nitrogens with one attached hydrogen (secondary N) is 2. The quantitative estimate of drug-likeness (QED) is 0.437. The van der Waals surface area contributed by atoms with E-state index in [1.807, 2.05) is 67.8 Å². The number of hydrogen-bond donors (Lipinski definition) is 2. The van der Waals surface area contributed by atoms with Gasteiger partial charge >= 0.3 is 0 Å². The fourth-order valence-corrected chi connectivity index (χ4v) is 4.43. The number of rotatable bonds is 9. The second-order valence-electron chi connectivity index (χ2n) is 8.17. The fourth-order valence-electron chi connectivity index (χ4n) is 3.62. The van der Waals surface area contributed by atoms with E-state index in [9.17, 15) is 9.59 Å². The van der Waals surface area contributed by atoms with E-state index in [0.717, 1.165) is 16.8 Å². The van der Waals surface area contributed by atoms with Gasteiger partial charge in [-0.25, -0.2) is 0 Å². The van der Waals surface area contributed by atoms with E-state index in [-0.39, 0.29) is 23.6 Å². The average Bonchev–Trinajstić information content (AvgIpc) is 3.21. The monoisotopic (exact) mass is 465 g/mol. The highest BCUT2D eigenvalue weighted by molar-refractivity contribution is 7.99. The predicted molar refractivity (Wildman–Crippen MR) is 133 cm³/mol. The first-order valence-corrected chi connectivity index (χ1v) is 12.1. The van der Waals surface area contributed by atoms with Crippen molar-refractivity contribution in [1.82, 2.24) is 20.1 Å². The Kier molecular flexibility index (Phi) is 8.27. The van der Waals surface area contributed by atoms with Gasteiger partial charge in [-0.3, -0.25) is 9.59 Å². The Morgan fingerprint density at radius 1 is 1.03 bits per heavy atom. The van der Waals surface area contributed by atoms with Crippen molar-refractivity contribution in [1.29, 1.82) is 0 Å². The molecule has 0 bridgehead atoms. The zero-order chi connectivity index (χ0) is 24.0. The van der Waals surface area contributed by atoms with Gasteiger partial charge in [0.05, 0.1) is 11.8 Å². The number of hydrogen-bond acceptors (Lipinski definition) is 5. The summed E-state index contributed by atoms with van der Waals surface area (Å²) in [5.74, 6) is 0.947. The van der Waals surface area contributed by atoms with Crippen molar-refractivity contribution in [3.05, 3.63) is 71.0 Å². The van der Waals surface area contributed by atoms with Gasteiger partial charge in [-0.05, 0) is 49.9 Å². The molecule has 0 saturated heterocycles. The summed E-state index contributed by atoms with van der Waals surface area (Å²) in [6.07, 6.45) is 0. The molecule has 0 aliphatic rings. The number of amides is 2. The standard InChI is InChI=1S/C25H31N5O2S/c1-6-30-23(18(5)26-24(32)20-13-8-7-11-17(20)4)28-29-25(30)33-15-22(31)27-21-14-10-9-12-19(21)16(2)3/h7-14,16,18H,6,15H2,1-5H3,(H,26,32)(H,27,31)/t18-/m0/s1. The molecular formula is C25H31N5O2S. The molecule has 8 heteroatoms. The number of carbonyl (C=O) groups is 2. The topological polar surface area (TPSA) is 88.9 Å². The maximum absolute atomic E-state index is 12.7. The molecule has 3 aromatic rings. The van der Waals surface area contributed by atoms with Gasteiger partial charge in [-0.2, -0.15) is 0 Å². The Morgan fingerprint density at radius 2 is 1.73 bits per heavy atom. The number of nitrogens with zero attached hydrogens (tertiary/aromatic N) is 3. The molecular weight excluding hydrogens is 434 g/mol. The minimum atomic E-state index is -0.328. The van der Waals surface area contributed by atoms with Crippen LogP contribution in [0, 0.1) is 6.92 Å². The number of carbonyl (C=O) groups excluding carboxylic acids is 2. The molecule has 0 spiro atoms. The van der Waals surface area contributed by atoms with E-state index in [1.54, 1.807) is 6.07 Å². The van der Waals surface area contributed by atoms with Gasteiger partial charge in [0, 0.05) is 17.8 Å². The first-order chi connectivity index (χ1) is 15.8. The van der Waals surface area contributed by atoms with Crippen LogP contribution in [0.2, 0.25) is 0 Å². The molecule has 0 saturated carbocycles. The number of aromatic nitrogens is 3. The van der Waals surface area contributed by atoms with Crippen LogP contribution in [0.3, 0.4) is 0 Å². The molecule has 174 valence electrons. The van der Waals surface area contributed by atoms with E-state index in [4.69, 9.17) is 0 Å². The zero-order valence-electron chi connectivity index (χ0n) is 19.8. The van der Waals surface area contributed by atoms with Crippen LogP contribution < -0.4 is 10.6 Å². The summed E-state index contributed by atoms with van der Waals surface area (Å²) in [6, 6.07) is 15.0. The summed E-state index contributed by atoms with van der Waals surface area (Å²) in [5, 5.41) is 15.2. The van der Waals surface area contributed by atoms with E-state index >= 15 is 0 Å². The third-order valence-corrected chi connectivity index (χ3v) is 6.34. The fraction of sp³-hybridized carbons (Fsp3) is 0.360. The maximum atomic E-state index is 12.7. The van der Waals surface area contributed by atoms with Gasteiger partial charge in [0.2, 0.25) is 5.91 Å². The van der Waals surface area contributed by atoms with Crippen LogP contribution in [0.15, 0.2) is 53.7 Å². The lowest BCUT2D eigenvalue weighted by atomic mass is 10.0. The van der Waals surface area contributed by atoms with Crippen molar-refractivity contribution < 1.29 is 9.59 Å². The normalized spacial score (nSPS) is 11.9. The molecule has 33 heavy (non-hydrogen) atoms. The highest BCUT2D eigenvalue weighted by Crippen LogP contribution is 2.25. The summed E-state index contributed by atoms with van der Waals surface area (Å²) in [6.45, 7) is 10.6. The zero-order valence-corrected chi connectivity index (χ0v) is 20.6. The SMILES string of the molecule is CCn1c(SCC(=O)Nc2ccccc2C(C)C)nnc1[C@H](C)NC(=O)c1ccccc1C. The number of thioether (sulfide) groups is 1. The number of anilines is 1. The Hall–Kier alpha value is -3.13. The number of para-hydroxylation sites is 1. The van der Waals surface area contributed by atoms with Crippen LogP contribution in [-0.4, -0.2) is 32.3 Å². The molecule has 0 unspecified atom stereocenters. The van der Waals surface area contributed by atoms with Gasteiger partial charge in [0.1, 0.15) is 0 Å². The number of benzene rings is 2. The Labute approximate surface area is 199 Å². The molecule has 2 aromatic carbocycles. The lowest BCUT2D eigenvalue weighted by Crippen LogP contribution is -2.29. The van der Waals surface area contributed by atoms with Crippen LogP contribution in [0.5, 0.6) is 0 Å². The summed E-state index contributed by atoms with van der Waals surface area (Å²) >= 11 is 1.33. The van der Waals surface area contributed by atoms with E-state index in [0.29, 0.717) is 29.0 Å². The molecule has 2 N–H and O–H groups in total. The third kappa shape index (κ3) is 6.01. The van der Waals surface area contributed by atoms with Crippen LogP contribution in [0.1, 0.15) is 67.0 Å².